The lowest BCUT2D eigenvalue weighted by Crippen LogP contribution is -2.43. The number of fused-ring (bicyclic) bond motifs is 1. The third-order valence-corrected chi connectivity index (χ3v) is 6.70. The van der Waals surface area contributed by atoms with E-state index in [4.69, 9.17) is 9.47 Å². The molecular formula is C35H38N2O5. The van der Waals surface area contributed by atoms with Gasteiger partial charge in [0.15, 0.2) is 11.9 Å². The molecule has 2 unspecified atom stereocenters. The molecule has 218 valence electrons. The summed E-state index contributed by atoms with van der Waals surface area (Å²) in [5, 5.41) is 7.53. The summed E-state index contributed by atoms with van der Waals surface area (Å²) in [5.74, 6) is -0.768. The molecule has 4 rings (SSSR count). The van der Waals surface area contributed by atoms with Crippen LogP contribution in [0.4, 0.5) is 4.79 Å². The van der Waals surface area contributed by atoms with E-state index < -0.39 is 23.7 Å². The van der Waals surface area contributed by atoms with Gasteiger partial charge in [-0.05, 0) is 67.6 Å². The first-order valence-corrected chi connectivity index (χ1v) is 14.2. The number of carbonyl (C=O) groups is 3. The highest BCUT2D eigenvalue weighted by atomic mass is 16.6. The van der Waals surface area contributed by atoms with Gasteiger partial charge in [-0.25, -0.2) is 4.79 Å². The summed E-state index contributed by atoms with van der Waals surface area (Å²) in [7, 11) is 0. The number of amides is 2. The van der Waals surface area contributed by atoms with Crippen LogP contribution in [0, 0.1) is 0 Å². The summed E-state index contributed by atoms with van der Waals surface area (Å²) in [6.07, 6.45) is -0.249. The molecule has 0 saturated carbocycles. The molecule has 0 saturated heterocycles. The second-order valence-electron chi connectivity index (χ2n) is 11.2. The Labute approximate surface area is 247 Å². The third kappa shape index (κ3) is 9.20. The molecule has 2 amide bonds. The summed E-state index contributed by atoms with van der Waals surface area (Å²) in [6, 6.07) is 32.7. The maximum atomic E-state index is 13.5. The maximum absolute atomic E-state index is 13.5. The first-order valence-electron chi connectivity index (χ1n) is 14.2. The fourth-order valence-corrected chi connectivity index (χ4v) is 4.59. The number of alkyl carbamates (subject to hydrolysis) is 1. The molecule has 0 heterocycles. The molecule has 2 atom stereocenters. The highest BCUT2D eigenvalue weighted by Gasteiger charge is 2.26. The predicted octanol–water partition coefficient (Wildman–Crippen LogP) is 6.21. The molecule has 2 N–H and O–H groups in total. The van der Waals surface area contributed by atoms with E-state index in [1.54, 1.807) is 32.9 Å². The molecule has 4 aromatic rings. The normalized spacial score (nSPS) is 12.6. The van der Waals surface area contributed by atoms with E-state index in [0.717, 1.165) is 21.9 Å². The van der Waals surface area contributed by atoms with Crippen molar-refractivity contribution in [3.8, 4) is 5.75 Å². The maximum Gasteiger partial charge on any atom is 0.407 e. The topological polar surface area (TPSA) is 93.7 Å². The van der Waals surface area contributed by atoms with Gasteiger partial charge in [0.25, 0.3) is 0 Å². The number of hydrogen-bond donors (Lipinski definition) is 2. The van der Waals surface area contributed by atoms with Crippen molar-refractivity contribution in [2.24, 2.45) is 0 Å². The first-order chi connectivity index (χ1) is 20.2. The Morgan fingerprint density at radius 2 is 1.40 bits per heavy atom. The summed E-state index contributed by atoms with van der Waals surface area (Å²) >= 11 is 0. The second-order valence-corrected chi connectivity index (χ2v) is 11.2. The number of rotatable bonds is 12. The number of Topliss-reactive ketones (excluding diaryl/α,β-unsaturated/α-hetero) is 1. The van der Waals surface area contributed by atoms with Gasteiger partial charge in [-0.15, -0.1) is 0 Å². The highest BCUT2D eigenvalue weighted by Crippen LogP contribution is 2.23. The van der Waals surface area contributed by atoms with Crippen LogP contribution in [0.1, 0.15) is 44.2 Å². The lowest BCUT2D eigenvalue weighted by Gasteiger charge is -2.23. The van der Waals surface area contributed by atoms with Crippen LogP contribution < -0.4 is 15.4 Å². The Kier molecular flexibility index (Phi) is 10.3. The van der Waals surface area contributed by atoms with Crippen LogP contribution in [0.5, 0.6) is 5.75 Å². The van der Waals surface area contributed by atoms with E-state index in [-0.39, 0.29) is 24.8 Å². The van der Waals surface area contributed by atoms with Crippen LogP contribution in [-0.4, -0.2) is 42.6 Å². The lowest BCUT2D eigenvalue weighted by atomic mass is 9.95. The molecule has 0 radical (unpaired) electrons. The van der Waals surface area contributed by atoms with Gasteiger partial charge >= 0.3 is 6.09 Å². The monoisotopic (exact) mass is 566 g/mol. The van der Waals surface area contributed by atoms with E-state index >= 15 is 0 Å². The van der Waals surface area contributed by atoms with Gasteiger partial charge in [-0.2, -0.15) is 0 Å². The van der Waals surface area contributed by atoms with Crippen LogP contribution in [0.3, 0.4) is 0 Å². The van der Waals surface area contributed by atoms with E-state index in [1.165, 1.54) is 0 Å². The number of carbonyl (C=O) groups excluding carboxylic acids is 3. The third-order valence-electron chi connectivity index (χ3n) is 6.70. The van der Waals surface area contributed by atoms with Crippen molar-refractivity contribution in [3.63, 3.8) is 0 Å². The lowest BCUT2D eigenvalue weighted by molar-refractivity contribution is -0.129. The molecular weight excluding hydrogens is 528 g/mol. The standard InChI is InChI=1S/C35H38N2O5/c1-35(2,3)42-34(40)37-23-30(28-20-19-26-14-10-11-15-27(26)22-28)33(39)36-24-31(38)32(41-29-16-8-5-9-17-29)21-18-25-12-6-4-7-13-25/h4-17,19-20,22,30,32H,18,21,23-24H2,1-3H3,(H,36,39)(H,37,40). The quantitative estimate of drug-likeness (QED) is 0.213. The van der Waals surface area contributed by atoms with Gasteiger partial charge in [-0.1, -0.05) is 91.0 Å². The average Bonchev–Trinajstić information content (AvgIpc) is 2.98. The molecule has 0 aliphatic heterocycles. The SMILES string of the molecule is CC(C)(C)OC(=O)NCC(C(=O)NCC(=O)C(CCc1ccccc1)Oc1ccccc1)c1ccc2ccccc2c1. The second kappa shape index (κ2) is 14.3. The van der Waals surface area contributed by atoms with E-state index in [9.17, 15) is 14.4 Å². The van der Waals surface area contributed by atoms with Crippen LogP contribution in [-0.2, 0) is 20.7 Å². The van der Waals surface area contributed by atoms with Gasteiger partial charge in [0.1, 0.15) is 11.4 Å². The number of ketones is 1. The van der Waals surface area contributed by atoms with Gasteiger partial charge < -0.3 is 20.1 Å². The smallest absolute Gasteiger partial charge is 0.407 e. The Balaban J connectivity index is 1.47. The minimum Gasteiger partial charge on any atom is -0.483 e. The Bertz CT molecular complexity index is 1480. The van der Waals surface area contributed by atoms with Crippen LogP contribution >= 0.6 is 0 Å². The van der Waals surface area contributed by atoms with Crippen molar-refractivity contribution in [1.29, 1.82) is 0 Å². The van der Waals surface area contributed by atoms with Crippen molar-refractivity contribution in [2.45, 2.75) is 51.2 Å². The number of hydrogen-bond acceptors (Lipinski definition) is 5. The van der Waals surface area contributed by atoms with E-state index in [1.807, 2.05) is 91.0 Å². The van der Waals surface area contributed by atoms with Gasteiger partial charge in [0.2, 0.25) is 5.91 Å². The molecule has 0 fully saturated rings. The molecule has 4 aromatic carbocycles. The highest BCUT2D eigenvalue weighted by molar-refractivity contribution is 5.92. The number of para-hydroxylation sites is 1. The van der Waals surface area contributed by atoms with Crippen LogP contribution in [0.2, 0.25) is 0 Å². The van der Waals surface area contributed by atoms with Crippen LogP contribution in [0.15, 0.2) is 103 Å². The van der Waals surface area contributed by atoms with Crippen molar-refractivity contribution in [1.82, 2.24) is 10.6 Å². The molecule has 0 aliphatic carbocycles. The molecule has 0 aliphatic rings. The molecule has 0 aromatic heterocycles. The van der Waals surface area contributed by atoms with Gasteiger partial charge in [0, 0.05) is 6.54 Å². The number of aryl methyl sites for hydroxylation is 1. The van der Waals surface area contributed by atoms with Crippen molar-refractivity contribution < 1.29 is 23.9 Å². The van der Waals surface area contributed by atoms with E-state index in [0.29, 0.717) is 18.6 Å². The fraction of sp³-hybridized carbons (Fsp3) is 0.286. The largest absolute Gasteiger partial charge is 0.483 e. The number of ether oxygens (including phenoxy) is 2. The first kappa shape index (κ1) is 30.3. The van der Waals surface area contributed by atoms with E-state index in [2.05, 4.69) is 10.6 Å². The zero-order chi connectivity index (χ0) is 30.0. The number of nitrogens with one attached hydrogen (secondary N) is 2. The summed E-state index contributed by atoms with van der Waals surface area (Å²) in [4.78, 5) is 39.4. The Hall–Kier alpha value is -4.65. The summed E-state index contributed by atoms with van der Waals surface area (Å²) in [5.41, 5.74) is 1.14. The molecule has 7 nitrogen and oxygen atoms in total. The molecule has 0 bridgehead atoms. The molecule has 42 heavy (non-hydrogen) atoms. The minimum atomic E-state index is -0.744. The zero-order valence-electron chi connectivity index (χ0n) is 24.3. The predicted molar refractivity (Wildman–Crippen MR) is 165 cm³/mol. The Morgan fingerprint density at radius 3 is 2.10 bits per heavy atom. The molecule has 0 spiro atoms. The van der Waals surface area contributed by atoms with Crippen molar-refractivity contribution in [2.75, 3.05) is 13.1 Å². The molecule has 7 heteroatoms. The van der Waals surface area contributed by atoms with Crippen LogP contribution in [0.25, 0.3) is 10.8 Å². The van der Waals surface area contributed by atoms with Gasteiger partial charge in [-0.3, -0.25) is 9.59 Å². The average molecular weight is 567 g/mol. The summed E-state index contributed by atoms with van der Waals surface area (Å²) in [6.45, 7) is 5.12. The fourth-order valence-electron chi connectivity index (χ4n) is 4.59. The zero-order valence-corrected chi connectivity index (χ0v) is 24.3. The van der Waals surface area contributed by atoms with Gasteiger partial charge in [0.05, 0.1) is 12.5 Å². The van der Waals surface area contributed by atoms with Crippen molar-refractivity contribution in [3.05, 3.63) is 114 Å². The Morgan fingerprint density at radius 1 is 0.762 bits per heavy atom. The number of benzene rings is 4. The minimum absolute atomic E-state index is 0.00519. The van der Waals surface area contributed by atoms with Crippen molar-refractivity contribution >= 4 is 28.6 Å². The summed E-state index contributed by atoms with van der Waals surface area (Å²) < 4.78 is 11.4.